The van der Waals surface area contributed by atoms with Crippen LogP contribution in [-0.4, -0.2) is 40.4 Å². The molecule has 0 aliphatic carbocycles. The van der Waals surface area contributed by atoms with Gasteiger partial charge in [-0.1, -0.05) is 0 Å². The lowest BCUT2D eigenvalue weighted by Crippen LogP contribution is -2.36. The van der Waals surface area contributed by atoms with Crippen LogP contribution in [0, 0.1) is 0 Å². The number of carboxylic acid groups (broad SMARTS) is 1. The fourth-order valence-electron chi connectivity index (χ4n) is 1.64. The van der Waals surface area contributed by atoms with Gasteiger partial charge in [0.1, 0.15) is 0 Å². The average molecular weight is 361 g/mol. The maximum Gasteiger partial charge on any atom is 0.416 e. The Morgan fingerprint density at radius 1 is 1.09 bits per heavy atom. The molecule has 0 spiro atoms. The zero-order valence-electron chi connectivity index (χ0n) is 11.1. The highest BCUT2D eigenvalue weighted by Gasteiger charge is 2.36. The molecule has 1 aromatic carbocycles. The number of benzene rings is 1. The maximum atomic E-state index is 12.7. The molecule has 1 aromatic rings. The first-order valence-corrected chi connectivity index (χ1v) is 9.00. The fourth-order valence-corrected chi connectivity index (χ4v) is 4.63. The Hall–Kier alpha value is -1.82. The van der Waals surface area contributed by atoms with Gasteiger partial charge in [-0.3, -0.25) is 0 Å². The molecule has 0 fully saturated rings. The molecule has 12 heteroatoms. The largest absolute Gasteiger partial charge is 0.478 e. The molecule has 0 saturated heterocycles. The van der Waals surface area contributed by atoms with Gasteiger partial charge in [0, 0.05) is 0 Å². The number of halogens is 3. The molecule has 0 aliphatic rings. The van der Waals surface area contributed by atoms with Crippen molar-refractivity contribution in [1.29, 1.82) is 0 Å². The number of anilines is 1. The summed E-state index contributed by atoms with van der Waals surface area (Å²) in [6, 6.07) is 1.06. The van der Waals surface area contributed by atoms with Crippen LogP contribution in [0.4, 0.5) is 18.9 Å². The van der Waals surface area contributed by atoms with Crippen molar-refractivity contribution in [1.82, 2.24) is 0 Å². The number of hydrogen-bond acceptors (Lipinski definition) is 5. The van der Waals surface area contributed by atoms with Gasteiger partial charge in [-0.2, -0.15) is 16.9 Å². The van der Waals surface area contributed by atoms with Crippen molar-refractivity contribution in [3.05, 3.63) is 29.3 Å². The van der Waals surface area contributed by atoms with Gasteiger partial charge in [0.25, 0.3) is 0 Å². The van der Waals surface area contributed by atoms with Gasteiger partial charge in [0.2, 0.25) is 20.0 Å². The molecular formula is C10H10F3NO6S2. The van der Waals surface area contributed by atoms with E-state index in [1.165, 1.54) is 0 Å². The smallest absolute Gasteiger partial charge is 0.416 e. The summed E-state index contributed by atoms with van der Waals surface area (Å²) in [4.78, 5) is 11.0. The third kappa shape index (κ3) is 3.88. The lowest BCUT2D eigenvalue weighted by Gasteiger charge is -2.22. The molecular weight excluding hydrogens is 351 g/mol. The number of aromatic carboxylic acids is 1. The minimum absolute atomic E-state index is 0.158. The molecule has 1 N–H and O–H groups in total. The van der Waals surface area contributed by atoms with Crippen molar-refractivity contribution in [2.45, 2.75) is 6.18 Å². The quantitative estimate of drug-likeness (QED) is 0.861. The van der Waals surface area contributed by atoms with Crippen LogP contribution in [0.5, 0.6) is 0 Å². The maximum absolute atomic E-state index is 12.7. The molecule has 0 radical (unpaired) electrons. The molecule has 0 aliphatic heterocycles. The Balaban J connectivity index is 3.85. The SMILES string of the molecule is CS(=O)(=O)N(c1cc(C(F)(F)F)ccc1C(=O)O)S(C)(=O)=O. The molecule has 0 unspecified atom stereocenters. The molecule has 0 bridgehead atoms. The molecule has 7 nitrogen and oxygen atoms in total. The lowest BCUT2D eigenvalue weighted by molar-refractivity contribution is -0.137. The second-order valence-electron chi connectivity index (χ2n) is 4.26. The molecule has 0 saturated carbocycles. The van der Waals surface area contributed by atoms with Gasteiger partial charge >= 0.3 is 12.1 Å². The highest BCUT2D eigenvalue weighted by atomic mass is 32.3. The van der Waals surface area contributed by atoms with Gasteiger partial charge in [0.15, 0.2) is 0 Å². The Bertz CT molecular complexity index is 782. The van der Waals surface area contributed by atoms with E-state index in [1.54, 1.807) is 0 Å². The van der Waals surface area contributed by atoms with Crippen LogP contribution in [0.15, 0.2) is 18.2 Å². The number of alkyl halides is 3. The molecule has 22 heavy (non-hydrogen) atoms. The van der Waals surface area contributed by atoms with Crippen molar-refractivity contribution < 1.29 is 39.9 Å². The number of hydrogen-bond donors (Lipinski definition) is 1. The predicted molar refractivity (Wildman–Crippen MR) is 70.6 cm³/mol. The topological polar surface area (TPSA) is 109 Å². The van der Waals surface area contributed by atoms with Crippen LogP contribution in [0.1, 0.15) is 15.9 Å². The first-order chi connectivity index (χ1) is 9.65. The van der Waals surface area contributed by atoms with E-state index in [0.29, 0.717) is 24.6 Å². The minimum Gasteiger partial charge on any atom is -0.478 e. The van der Waals surface area contributed by atoms with Crippen molar-refractivity contribution in [2.24, 2.45) is 0 Å². The predicted octanol–water partition coefficient (Wildman–Crippen LogP) is 1.13. The van der Waals surface area contributed by atoms with Crippen molar-refractivity contribution in [3.63, 3.8) is 0 Å². The summed E-state index contributed by atoms with van der Waals surface area (Å²) >= 11 is 0. The fraction of sp³-hybridized carbons (Fsp3) is 0.300. The highest BCUT2D eigenvalue weighted by molar-refractivity contribution is 8.09. The summed E-state index contributed by atoms with van der Waals surface area (Å²) in [6.45, 7) is 0. The third-order valence-electron chi connectivity index (χ3n) is 2.35. The van der Waals surface area contributed by atoms with Gasteiger partial charge < -0.3 is 5.11 Å². The van der Waals surface area contributed by atoms with Crippen molar-refractivity contribution >= 4 is 31.7 Å². The van der Waals surface area contributed by atoms with Gasteiger partial charge in [0.05, 0.1) is 29.3 Å². The summed E-state index contributed by atoms with van der Waals surface area (Å²) < 4.78 is 84.1. The first kappa shape index (κ1) is 18.2. The van der Waals surface area contributed by atoms with Gasteiger partial charge in [-0.15, -0.1) is 0 Å². The monoisotopic (exact) mass is 361 g/mol. The van der Waals surface area contributed by atoms with Crippen LogP contribution in [0.25, 0.3) is 0 Å². The Morgan fingerprint density at radius 3 is 1.86 bits per heavy atom. The second-order valence-corrected chi connectivity index (χ2v) is 8.15. The summed E-state index contributed by atoms with van der Waals surface area (Å²) in [5.74, 6) is -1.78. The molecule has 0 amide bonds. The average Bonchev–Trinajstić information content (AvgIpc) is 2.23. The molecule has 1 rings (SSSR count). The molecule has 0 heterocycles. The van der Waals surface area contributed by atoms with E-state index in [-0.39, 0.29) is 9.78 Å². The standard InChI is InChI=1S/C10H10F3NO6S2/c1-21(17,18)14(22(2,19)20)8-5-6(10(11,12)13)3-4-7(8)9(15)16/h3-5H,1-2H3,(H,15,16). The lowest BCUT2D eigenvalue weighted by atomic mass is 10.1. The van der Waals surface area contributed by atoms with Gasteiger partial charge in [-0.05, 0) is 18.2 Å². The second kappa shape index (κ2) is 5.43. The summed E-state index contributed by atoms with van der Waals surface area (Å²) in [6.07, 6.45) is -4.05. The molecule has 0 aromatic heterocycles. The van der Waals surface area contributed by atoms with Crippen molar-refractivity contribution in [2.75, 3.05) is 16.2 Å². The number of carbonyl (C=O) groups is 1. The Kier molecular flexibility index (Phi) is 4.50. The molecule has 0 atom stereocenters. The molecule has 124 valence electrons. The zero-order chi connectivity index (χ0) is 17.5. The van der Waals surface area contributed by atoms with E-state index in [2.05, 4.69) is 0 Å². The number of carboxylic acids is 1. The number of nitrogens with zero attached hydrogens (tertiary/aromatic N) is 1. The van der Waals surface area contributed by atoms with Gasteiger partial charge in [-0.25, -0.2) is 21.6 Å². The number of sulfonamides is 2. The normalized spacial score (nSPS) is 13.0. The van der Waals surface area contributed by atoms with E-state index < -0.39 is 49.0 Å². The van der Waals surface area contributed by atoms with E-state index in [0.717, 1.165) is 0 Å². The van der Waals surface area contributed by atoms with E-state index in [4.69, 9.17) is 5.11 Å². The summed E-state index contributed by atoms with van der Waals surface area (Å²) in [5, 5.41) is 8.94. The Labute approximate surface area is 124 Å². The van der Waals surface area contributed by atoms with Crippen molar-refractivity contribution in [3.8, 4) is 0 Å². The van der Waals surface area contributed by atoms with E-state index >= 15 is 0 Å². The van der Waals surface area contributed by atoms with Crippen LogP contribution < -0.4 is 3.71 Å². The number of rotatable bonds is 4. The zero-order valence-corrected chi connectivity index (χ0v) is 12.8. The van der Waals surface area contributed by atoms with Crippen LogP contribution in [-0.2, 0) is 26.2 Å². The van der Waals surface area contributed by atoms with E-state index in [9.17, 15) is 34.8 Å². The summed E-state index contributed by atoms with van der Waals surface area (Å²) in [5.41, 5.74) is -3.39. The Morgan fingerprint density at radius 2 is 1.55 bits per heavy atom. The van der Waals surface area contributed by atoms with Crippen LogP contribution in [0.2, 0.25) is 0 Å². The first-order valence-electron chi connectivity index (χ1n) is 5.30. The summed E-state index contributed by atoms with van der Waals surface area (Å²) in [7, 11) is -9.16. The van der Waals surface area contributed by atoms with Crippen LogP contribution in [0.3, 0.4) is 0 Å². The highest BCUT2D eigenvalue weighted by Crippen LogP contribution is 2.35. The van der Waals surface area contributed by atoms with E-state index in [1.807, 2.05) is 0 Å². The third-order valence-corrected chi connectivity index (χ3v) is 5.58. The van der Waals surface area contributed by atoms with Crippen LogP contribution >= 0.6 is 0 Å². The minimum atomic E-state index is -4.91.